The monoisotopic (exact) mass is 274 g/mol. The molecule has 110 valence electrons. The number of hydrogen-bond donors (Lipinski definition) is 1. The molecule has 0 bridgehead atoms. The van der Waals surface area contributed by atoms with Crippen LogP contribution in [0.2, 0.25) is 0 Å². The quantitative estimate of drug-likeness (QED) is 0.771. The third-order valence-electron chi connectivity index (χ3n) is 3.88. The van der Waals surface area contributed by atoms with Gasteiger partial charge in [-0.15, -0.1) is 0 Å². The van der Waals surface area contributed by atoms with Crippen molar-refractivity contribution in [1.29, 1.82) is 0 Å². The lowest BCUT2D eigenvalue weighted by Crippen LogP contribution is -2.23. The minimum Gasteiger partial charge on any atom is -0.370 e. The van der Waals surface area contributed by atoms with E-state index in [2.05, 4.69) is 40.1 Å². The standard InChI is InChI=1S/C16H26N4/c1-3-20(4-2)16-12-15(18-13-19-16)17-11-10-14-8-6-5-7-9-14/h8,12-13H,3-7,9-11H2,1-2H3,(H,17,18,19). The second-order valence-electron chi connectivity index (χ2n) is 5.22. The fourth-order valence-corrected chi connectivity index (χ4v) is 2.65. The van der Waals surface area contributed by atoms with Crippen LogP contribution in [0.25, 0.3) is 0 Å². The van der Waals surface area contributed by atoms with E-state index >= 15 is 0 Å². The molecular weight excluding hydrogens is 248 g/mol. The molecule has 1 aliphatic rings. The Labute approximate surface area is 122 Å². The summed E-state index contributed by atoms with van der Waals surface area (Å²) < 4.78 is 0. The molecule has 1 N–H and O–H groups in total. The largest absolute Gasteiger partial charge is 0.370 e. The van der Waals surface area contributed by atoms with Gasteiger partial charge in [0.15, 0.2) is 0 Å². The Bertz CT molecular complexity index is 438. The fourth-order valence-electron chi connectivity index (χ4n) is 2.65. The summed E-state index contributed by atoms with van der Waals surface area (Å²) in [4.78, 5) is 10.9. The molecule has 0 amide bonds. The first-order valence-electron chi connectivity index (χ1n) is 7.82. The average molecular weight is 274 g/mol. The average Bonchev–Trinajstić information content (AvgIpc) is 2.50. The van der Waals surface area contributed by atoms with Crippen molar-refractivity contribution in [2.24, 2.45) is 0 Å². The van der Waals surface area contributed by atoms with Crippen molar-refractivity contribution in [3.8, 4) is 0 Å². The minimum absolute atomic E-state index is 0.929. The Balaban J connectivity index is 1.86. The Morgan fingerprint density at radius 2 is 2.05 bits per heavy atom. The van der Waals surface area contributed by atoms with Crippen molar-refractivity contribution in [3.05, 3.63) is 24.0 Å². The van der Waals surface area contributed by atoms with Gasteiger partial charge >= 0.3 is 0 Å². The predicted octanol–water partition coefficient (Wildman–Crippen LogP) is 3.63. The zero-order valence-corrected chi connectivity index (χ0v) is 12.7. The van der Waals surface area contributed by atoms with E-state index in [4.69, 9.17) is 0 Å². The minimum atomic E-state index is 0.929. The molecule has 0 radical (unpaired) electrons. The molecule has 1 aromatic heterocycles. The molecule has 1 aliphatic carbocycles. The maximum absolute atomic E-state index is 4.34. The lowest BCUT2D eigenvalue weighted by Gasteiger charge is -2.20. The van der Waals surface area contributed by atoms with E-state index in [1.807, 2.05) is 6.07 Å². The summed E-state index contributed by atoms with van der Waals surface area (Å²) in [5, 5.41) is 3.42. The highest BCUT2D eigenvalue weighted by Gasteiger charge is 2.06. The molecule has 1 heterocycles. The summed E-state index contributed by atoms with van der Waals surface area (Å²) in [7, 11) is 0. The highest BCUT2D eigenvalue weighted by atomic mass is 15.2. The summed E-state index contributed by atoms with van der Waals surface area (Å²) in [5.74, 6) is 1.93. The van der Waals surface area contributed by atoms with E-state index in [9.17, 15) is 0 Å². The van der Waals surface area contributed by atoms with Crippen LogP contribution in [0.3, 0.4) is 0 Å². The molecule has 0 atom stereocenters. The van der Waals surface area contributed by atoms with Crippen molar-refractivity contribution < 1.29 is 0 Å². The Hall–Kier alpha value is -1.58. The second kappa shape index (κ2) is 7.88. The molecule has 1 aromatic rings. The zero-order valence-electron chi connectivity index (χ0n) is 12.7. The van der Waals surface area contributed by atoms with Gasteiger partial charge < -0.3 is 10.2 Å². The SMILES string of the molecule is CCN(CC)c1cc(NCCC2=CCCCC2)ncn1. The maximum Gasteiger partial charge on any atom is 0.134 e. The first kappa shape index (κ1) is 14.8. The van der Waals surface area contributed by atoms with Gasteiger partial charge in [-0.3, -0.25) is 0 Å². The third kappa shape index (κ3) is 4.22. The molecule has 4 heteroatoms. The van der Waals surface area contributed by atoms with E-state index < -0.39 is 0 Å². The molecule has 0 spiro atoms. The molecule has 0 aromatic carbocycles. The van der Waals surface area contributed by atoms with Crippen LogP contribution in [0.5, 0.6) is 0 Å². The molecule has 0 saturated carbocycles. The summed E-state index contributed by atoms with van der Waals surface area (Å²) in [6.07, 6.45) is 10.4. The second-order valence-corrected chi connectivity index (χ2v) is 5.22. The van der Waals surface area contributed by atoms with Crippen molar-refractivity contribution in [1.82, 2.24) is 9.97 Å². The van der Waals surface area contributed by atoms with Crippen LogP contribution in [0.15, 0.2) is 24.0 Å². The molecule has 20 heavy (non-hydrogen) atoms. The van der Waals surface area contributed by atoms with Gasteiger partial charge in [0.05, 0.1) is 0 Å². The van der Waals surface area contributed by atoms with Crippen molar-refractivity contribution in [2.45, 2.75) is 46.0 Å². The van der Waals surface area contributed by atoms with Gasteiger partial charge in [-0.1, -0.05) is 11.6 Å². The number of anilines is 2. The summed E-state index contributed by atoms with van der Waals surface area (Å²) >= 11 is 0. The maximum atomic E-state index is 4.34. The normalized spacial score (nSPS) is 14.8. The zero-order chi connectivity index (χ0) is 14.2. The van der Waals surface area contributed by atoms with Crippen LogP contribution >= 0.6 is 0 Å². The van der Waals surface area contributed by atoms with E-state index in [1.165, 1.54) is 25.7 Å². The highest BCUT2D eigenvalue weighted by Crippen LogP contribution is 2.20. The van der Waals surface area contributed by atoms with Crippen molar-refractivity contribution in [3.63, 3.8) is 0 Å². The first-order valence-corrected chi connectivity index (χ1v) is 7.82. The van der Waals surface area contributed by atoms with Crippen LogP contribution in [-0.2, 0) is 0 Å². The predicted molar refractivity (Wildman–Crippen MR) is 85.3 cm³/mol. The van der Waals surface area contributed by atoms with Crippen LogP contribution in [0, 0.1) is 0 Å². The van der Waals surface area contributed by atoms with Gasteiger partial charge in [0.2, 0.25) is 0 Å². The Kier molecular flexibility index (Phi) is 5.84. The van der Waals surface area contributed by atoms with Gasteiger partial charge in [-0.2, -0.15) is 0 Å². The van der Waals surface area contributed by atoms with Crippen LogP contribution in [-0.4, -0.2) is 29.6 Å². The summed E-state index contributed by atoms with van der Waals surface area (Å²) in [6.45, 7) is 7.20. The Morgan fingerprint density at radius 3 is 2.75 bits per heavy atom. The van der Waals surface area contributed by atoms with E-state index in [1.54, 1.807) is 11.9 Å². The third-order valence-corrected chi connectivity index (χ3v) is 3.88. The van der Waals surface area contributed by atoms with E-state index in [-0.39, 0.29) is 0 Å². The van der Waals surface area contributed by atoms with E-state index in [0.717, 1.165) is 37.7 Å². The lowest BCUT2D eigenvalue weighted by molar-refractivity contribution is 0.679. The van der Waals surface area contributed by atoms with Crippen molar-refractivity contribution in [2.75, 3.05) is 29.9 Å². The van der Waals surface area contributed by atoms with E-state index in [0.29, 0.717) is 0 Å². The van der Waals surface area contributed by atoms with Crippen LogP contribution < -0.4 is 10.2 Å². The van der Waals surface area contributed by atoms with Crippen LogP contribution in [0.4, 0.5) is 11.6 Å². The number of aromatic nitrogens is 2. The molecule has 0 saturated heterocycles. The molecule has 4 nitrogen and oxygen atoms in total. The number of hydrogen-bond acceptors (Lipinski definition) is 4. The van der Waals surface area contributed by atoms with Crippen molar-refractivity contribution >= 4 is 11.6 Å². The molecule has 0 aliphatic heterocycles. The number of nitrogens with zero attached hydrogens (tertiary/aromatic N) is 3. The van der Waals surface area contributed by atoms with Crippen LogP contribution in [0.1, 0.15) is 46.0 Å². The van der Waals surface area contributed by atoms with Gasteiger partial charge in [0, 0.05) is 25.7 Å². The number of nitrogens with one attached hydrogen (secondary N) is 1. The van der Waals surface area contributed by atoms with Gasteiger partial charge in [-0.25, -0.2) is 9.97 Å². The highest BCUT2D eigenvalue weighted by molar-refractivity contribution is 5.48. The van der Waals surface area contributed by atoms with Gasteiger partial charge in [0.25, 0.3) is 0 Å². The Morgan fingerprint density at radius 1 is 1.20 bits per heavy atom. The summed E-state index contributed by atoms with van der Waals surface area (Å²) in [5.41, 5.74) is 1.60. The first-order chi connectivity index (χ1) is 9.83. The molecule has 0 fully saturated rings. The fraction of sp³-hybridized carbons (Fsp3) is 0.625. The summed E-state index contributed by atoms with van der Waals surface area (Å²) in [6, 6.07) is 2.04. The number of allylic oxidation sites excluding steroid dienone is 1. The lowest BCUT2D eigenvalue weighted by atomic mass is 9.97. The number of rotatable bonds is 7. The van der Waals surface area contributed by atoms with Gasteiger partial charge in [-0.05, 0) is 46.0 Å². The molecule has 0 unspecified atom stereocenters. The molecular formula is C16H26N4. The smallest absolute Gasteiger partial charge is 0.134 e. The van der Waals surface area contributed by atoms with Gasteiger partial charge in [0.1, 0.15) is 18.0 Å². The molecule has 2 rings (SSSR count). The topological polar surface area (TPSA) is 41.0 Å².